The quantitative estimate of drug-likeness (QED) is 0.444. The third-order valence-electron chi connectivity index (χ3n) is 5.31. The van der Waals surface area contributed by atoms with E-state index in [1.54, 1.807) is 0 Å². The van der Waals surface area contributed by atoms with Crippen molar-refractivity contribution in [1.82, 2.24) is 9.13 Å². The Labute approximate surface area is 157 Å². The van der Waals surface area contributed by atoms with E-state index < -0.39 is 0 Å². The van der Waals surface area contributed by atoms with Crippen LogP contribution in [-0.2, 0) is 17.7 Å². The van der Waals surface area contributed by atoms with E-state index in [1.165, 1.54) is 17.0 Å². The lowest BCUT2D eigenvalue weighted by molar-refractivity contribution is 0.0526. The maximum atomic E-state index is 12.3. The Morgan fingerprint density at radius 2 is 1.93 bits per heavy atom. The molecule has 134 valence electrons. The topological polar surface area (TPSA) is 36.2 Å². The van der Waals surface area contributed by atoms with Crippen LogP contribution in [0.5, 0.6) is 0 Å². The van der Waals surface area contributed by atoms with Crippen molar-refractivity contribution in [2.24, 2.45) is 0 Å². The summed E-state index contributed by atoms with van der Waals surface area (Å²) in [6, 6.07) is 20.6. The maximum Gasteiger partial charge on any atom is 0.338 e. The molecule has 27 heavy (non-hydrogen) atoms. The number of benzene rings is 2. The minimum Gasteiger partial charge on any atom is -0.462 e. The Morgan fingerprint density at radius 1 is 1.07 bits per heavy atom. The van der Waals surface area contributed by atoms with Crippen LogP contribution in [0.1, 0.15) is 34.2 Å². The van der Waals surface area contributed by atoms with Gasteiger partial charge in [0.05, 0.1) is 24.2 Å². The smallest absolute Gasteiger partial charge is 0.338 e. The van der Waals surface area contributed by atoms with E-state index in [0.717, 1.165) is 29.6 Å². The molecule has 0 spiro atoms. The van der Waals surface area contributed by atoms with Gasteiger partial charge in [0, 0.05) is 35.1 Å². The number of aromatic nitrogens is 2. The average molecular weight is 356 g/mol. The van der Waals surface area contributed by atoms with E-state index in [1.807, 2.05) is 31.2 Å². The number of rotatable bonds is 3. The Bertz CT molecular complexity index is 1150. The van der Waals surface area contributed by atoms with Gasteiger partial charge in [0.15, 0.2) is 0 Å². The lowest BCUT2D eigenvalue weighted by atomic mass is 10.0. The van der Waals surface area contributed by atoms with Crippen LogP contribution in [0, 0.1) is 0 Å². The monoisotopic (exact) mass is 356 g/mol. The van der Waals surface area contributed by atoms with Gasteiger partial charge in [-0.05, 0) is 55.0 Å². The summed E-state index contributed by atoms with van der Waals surface area (Å²) in [6.07, 6.45) is 3.00. The van der Waals surface area contributed by atoms with Gasteiger partial charge in [-0.1, -0.05) is 18.2 Å². The van der Waals surface area contributed by atoms with Crippen LogP contribution in [0.2, 0.25) is 0 Å². The van der Waals surface area contributed by atoms with E-state index in [-0.39, 0.29) is 5.97 Å². The number of fused-ring (bicyclic) bond motifs is 4. The number of carbonyl (C=O) groups is 1. The molecule has 0 unspecified atom stereocenters. The highest BCUT2D eigenvalue weighted by Crippen LogP contribution is 2.35. The van der Waals surface area contributed by atoms with Crippen molar-refractivity contribution < 1.29 is 9.53 Å². The second-order valence-electron chi connectivity index (χ2n) is 6.85. The number of esters is 1. The number of hydrogen-bond donors (Lipinski definition) is 0. The van der Waals surface area contributed by atoms with Gasteiger partial charge in [0.1, 0.15) is 0 Å². The standard InChI is InChI=1S/C23H20N2O2/c1-2-27-23(26)16-10-11-21-19(13-16)20-14-18-9-6-12-24(18)15-22(20)25(21)17-7-4-3-5-8-17/h3-13H,2,14-15H2,1H3. The predicted molar refractivity (Wildman–Crippen MR) is 106 cm³/mol. The molecule has 0 fully saturated rings. The van der Waals surface area contributed by atoms with Crippen LogP contribution in [0.25, 0.3) is 16.6 Å². The summed E-state index contributed by atoms with van der Waals surface area (Å²) in [5.74, 6) is -0.264. The van der Waals surface area contributed by atoms with E-state index in [9.17, 15) is 4.79 Å². The summed E-state index contributed by atoms with van der Waals surface area (Å²) in [5.41, 5.74) is 6.76. The molecule has 0 saturated heterocycles. The molecule has 0 saturated carbocycles. The van der Waals surface area contributed by atoms with Gasteiger partial charge in [0.2, 0.25) is 0 Å². The van der Waals surface area contributed by atoms with Crippen molar-refractivity contribution in [3.8, 4) is 5.69 Å². The first-order chi connectivity index (χ1) is 13.3. The molecule has 4 aromatic rings. The van der Waals surface area contributed by atoms with E-state index in [0.29, 0.717) is 12.2 Å². The molecule has 0 N–H and O–H groups in total. The van der Waals surface area contributed by atoms with Gasteiger partial charge in [-0.25, -0.2) is 4.79 Å². The Morgan fingerprint density at radius 3 is 2.74 bits per heavy atom. The van der Waals surface area contributed by atoms with Crippen molar-refractivity contribution in [2.75, 3.05) is 6.61 Å². The van der Waals surface area contributed by atoms with Crippen molar-refractivity contribution in [3.05, 3.63) is 89.4 Å². The summed E-state index contributed by atoms with van der Waals surface area (Å²) in [6.45, 7) is 3.04. The largest absolute Gasteiger partial charge is 0.462 e. The second-order valence-corrected chi connectivity index (χ2v) is 6.85. The van der Waals surface area contributed by atoms with Crippen LogP contribution in [0.4, 0.5) is 0 Å². The third-order valence-corrected chi connectivity index (χ3v) is 5.31. The van der Waals surface area contributed by atoms with Crippen LogP contribution >= 0.6 is 0 Å². The molecule has 3 heterocycles. The normalized spacial score (nSPS) is 12.6. The third kappa shape index (κ3) is 2.48. The fraction of sp³-hybridized carbons (Fsp3) is 0.174. The van der Waals surface area contributed by atoms with Gasteiger partial charge in [-0.2, -0.15) is 0 Å². The molecule has 5 rings (SSSR count). The zero-order valence-electron chi connectivity index (χ0n) is 15.2. The fourth-order valence-corrected chi connectivity index (χ4v) is 4.09. The summed E-state index contributed by atoms with van der Waals surface area (Å²) in [5, 5.41) is 1.13. The van der Waals surface area contributed by atoms with E-state index in [4.69, 9.17) is 4.74 Å². The maximum absolute atomic E-state index is 12.3. The molecule has 1 aliphatic rings. The predicted octanol–water partition coefficient (Wildman–Crippen LogP) is 4.56. The Kier molecular flexibility index (Phi) is 3.64. The highest BCUT2D eigenvalue weighted by Gasteiger charge is 2.24. The summed E-state index contributed by atoms with van der Waals surface area (Å²) >= 11 is 0. The van der Waals surface area contributed by atoms with Gasteiger partial charge in [-0.15, -0.1) is 0 Å². The first kappa shape index (κ1) is 15.9. The average Bonchev–Trinajstić information content (AvgIpc) is 3.28. The SMILES string of the molecule is CCOC(=O)c1ccc2c(c1)c1c(n2-c2ccccc2)Cn2cccc2C1. The van der Waals surface area contributed by atoms with Crippen molar-refractivity contribution in [2.45, 2.75) is 19.9 Å². The number of hydrogen-bond acceptors (Lipinski definition) is 2. The van der Waals surface area contributed by atoms with Gasteiger partial charge in [-0.3, -0.25) is 0 Å². The number of carbonyl (C=O) groups excluding carboxylic acids is 1. The molecular formula is C23H20N2O2. The van der Waals surface area contributed by atoms with E-state index >= 15 is 0 Å². The number of nitrogens with zero attached hydrogens (tertiary/aromatic N) is 2. The minimum absolute atomic E-state index is 0.264. The summed E-state index contributed by atoms with van der Waals surface area (Å²) in [4.78, 5) is 12.3. The molecule has 0 amide bonds. The lowest BCUT2D eigenvalue weighted by Crippen LogP contribution is -2.15. The first-order valence-electron chi connectivity index (χ1n) is 9.29. The molecule has 0 radical (unpaired) electrons. The van der Waals surface area contributed by atoms with Crippen LogP contribution in [0.3, 0.4) is 0 Å². The second kappa shape index (κ2) is 6.16. The van der Waals surface area contributed by atoms with Gasteiger partial charge < -0.3 is 13.9 Å². The molecule has 0 bridgehead atoms. The van der Waals surface area contributed by atoms with Crippen molar-refractivity contribution in [1.29, 1.82) is 0 Å². The van der Waals surface area contributed by atoms with E-state index in [2.05, 4.69) is 51.7 Å². The molecule has 0 aliphatic carbocycles. The minimum atomic E-state index is -0.264. The first-order valence-corrected chi connectivity index (χ1v) is 9.29. The Balaban J connectivity index is 1.76. The van der Waals surface area contributed by atoms with Crippen LogP contribution < -0.4 is 0 Å². The zero-order valence-corrected chi connectivity index (χ0v) is 15.2. The zero-order chi connectivity index (χ0) is 18.4. The fourth-order valence-electron chi connectivity index (χ4n) is 4.09. The Hall–Kier alpha value is -3.27. The molecule has 0 atom stereocenters. The molecule has 1 aliphatic heterocycles. The van der Waals surface area contributed by atoms with Gasteiger partial charge >= 0.3 is 5.97 Å². The summed E-state index contributed by atoms with van der Waals surface area (Å²) < 4.78 is 9.83. The molecule has 2 aromatic heterocycles. The molecule has 4 heteroatoms. The highest BCUT2D eigenvalue weighted by molar-refractivity contribution is 5.97. The highest BCUT2D eigenvalue weighted by atomic mass is 16.5. The lowest BCUT2D eigenvalue weighted by Gasteiger charge is -2.19. The summed E-state index contributed by atoms with van der Waals surface area (Å²) in [7, 11) is 0. The van der Waals surface area contributed by atoms with Crippen molar-refractivity contribution >= 4 is 16.9 Å². The van der Waals surface area contributed by atoms with Crippen LogP contribution in [0.15, 0.2) is 66.9 Å². The number of para-hydroxylation sites is 1. The number of ether oxygens (including phenoxy) is 1. The molecule has 2 aromatic carbocycles. The van der Waals surface area contributed by atoms with Gasteiger partial charge in [0.25, 0.3) is 0 Å². The van der Waals surface area contributed by atoms with Crippen LogP contribution in [-0.4, -0.2) is 21.7 Å². The van der Waals surface area contributed by atoms with Crippen molar-refractivity contribution in [3.63, 3.8) is 0 Å². The molecule has 4 nitrogen and oxygen atoms in total. The molecular weight excluding hydrogens is 336 g/mol.